The van der Waals surface area contributed by atoms with Gasteiger partial charge < -0.3 is 20.0 Å². The zero-order valence-electron chi connectivity index (χ0n) is 13.2. The van der Waals surface area contributed by atoms with Crippen LogP contribution >= 0.6 is 0 Å². The van der Waals surface area contributed by atoms with Crippen molar-refractivity contribution < 1.29 is 15.0 Å². The zero-order valence-corrected chi connectivity index (χ0v) is 13.2. The van der Waals surface area contributed by atoms with Crippen molar-refractivity contribution in [1.29, 1.82) is 0 Å². The maximum absolute atomic E-state index is 12.7. The van der Waals surface area contributed by atoms with Crippen LogP contribution in [0.15, 0.2) is 6.07 Å². The first-order chi connectivity index (χ1) is 10.4. The Kier molecular flexibility index (Phi) is 3.96. The van der Waals surface area contributed by atoms with Gasteiger partial charge in [0.25, 0.3) is 5.91 Å². The van der Waals surface area contributed by atoms with E-state index in [4.69, 9.17) is 0 Å². The summed E-state index contributed by atoms with van der Waals surface area (Å²) in [6, 6.07) is 1.84. The predicted molar refractivity (Wildman–Crippen MR) is 80.0 cm³/mol. The standard InChI is InChI=1S/C15H24N4O3/c1-11(20)13-9-12-10-18(7-8-19(12)16-13)14(21)15(22)3-5-17(2)6-4-15/h9,11,20,22H,3-8,10H2,1-2H3. The number of nitrogens with zero attached hydrogens (tertiary/aromatic N) is 4. The van der Waals surface area contributed by atoms with E-state index in [1.165, 1.54) is 0 Å². The molecule has 0 bridgehead atoms. The van der Waals surface area contributed by atoms with Crippen LogP contribution in [-0.4, -0.2) is 68.0 Å². The highest BCUT2D eigenvalue weighted by atomic mass is 16.3. The smallest absolute Gasteiger partial charge is 0.255 e. The summed E-state index contributed by atoms with van der Waals surface area (Å²) in [5.74, 6) is -0.174. The first kappa shape index (κ1) is 15.5. The summed E-state index contributed by atoms with van der Waals surface area (Å²) < 4.78 is 1.84. The molecule has 0 saturated carbocycles. The summed E-state index contributed by atoms with van der Waals surface area (Å²) >= 11 is 0. The van der Waals surface area contributed by atoms with Crippen LogP contribution in [0.3, 0.4) is 0 Å². The van der Waals surface area contributed by atoms with Gasteiger partial charge in [-0.1, -0.05) is 0 Å². The van der Waals surface area contributed by atoms with Crippen molar-refractivity contribution in [2.45, 2.75) is 44.6 Å². The molecule has 3 rings (SSSR count). The highest BCUT2D eigenvalue weighted by Crippen LogP contribution is 2.26. The van der Waals surface area contributed by atoms with E-state index in [9.17, 15) is 15.0 Å². The molecule has 0 radical (unpaired) electrons. The lowest BCUT2D eigenvalue weighted by molar-refractivity contribution is -0.157. The number of carbonyl (C=O) groups excluding carboxylic acids is 1. The molecule has 1 aromatic heterocycles. The number of aliphatic hydroxyl groups excluding tert-OH is 1. The molecule has 1 saturated heterocycles. The minimum Gasteiger partial charge on any atom is -0.387 e. The lowest BCUT2D eigenvalue weighted by Crippen LogP contribution is -2.55. The van der Waals surface area contributed by atoms with Crippen LogP contribution < -0.4 is 0 Å². The molecule has 1 aromatic rings. The monoisotopic (exact) mass is 308 g/mol. The molecular formula is C15H24N4O3. The Hall–Kier alpha value is -1.44. The number of aromatic nitrogens is 2. The first-order valence-electron chi connectivity index (χ1n) is 7.84. The molecule has 1 unspecified atom stereocenters. The van der Waals surface area contributed by atoms with Gasteiger partial charge in [0.15, 0.2) is 0 Å². The van der Waals surface area contributed by atoms with E-state index >= 15 is 0 Å². The molecule has 7 heteroatoms. The van der Waals surface area contributed by atoms with Crippen LogP contribution in [0, 0.1) is 0 Å². The maximum atomic E-state index is 12.7. The highest BCUT2D eigenvalue weighted by Gasteiger charge is 2.42. The van der Waals surface area contributed by atoms with Crippen LogP contribution in [-0.2, 0) is 17.9 Å². The quantitative estimate of drug-likeness (QED) is 0.786. The number of aliphatic hydroxyl groups is 2. The highest BCUT2D eigenvalue weighted by molar-refractivity contribution is 5.85. The average Bonchev–Trinajstić information content (AvgIpc) is 2.93. The number of rotatable bonds is 2. The van der Waals surface area contributed by atoms with Crippen molar-refractivity contribution in [2.24, 2.45) is 0 Å². The number of hydrogen-bond acceptors (Lipinski definition) is 5. The third-order valence-electron chi connectivity index (χ3n) is 4.74. The number of likely N-dealkylation sites (tertiary alicyclic amines) is 1. The summed E-state index contributed by atoms with van der Waals surface area (Å²) in [4.78, 5) is 16.6. The van der Waals surface area contributed by atoms with E-state index in [-0.39, 0.29) is 5.91 Å². The largest absolute Gasteiger partial charge is 0.387 e. The van der Waals surface area contributed by atoms with Gasteiger partial charge in [-0.05, 0) is 32.9 Å². The molecule has 1 atom stereocenters. The molecule has 7 nitrogen and oxygen atoms in total. The second-order valence-corrected chi connectivity index (χ2v) is 6.52. The van der Waals surface area contributed by atoms with E-state index in [2.05, 4.69) is 10.00 Å². The second-order valence-electron chi connectivity index (χ2n) is 6.52. The average molecular weight is 308 g/mol. The molecule has 1 fully saturated rings. The molecule has 2 aliphatic rings. The zero-order chi connectivity index (χ0) is 15.9. The summed E-state index contributed by atoms with van der Waals surface area (Å²) in [5, 5.41) is 24.6. The van der Waals surface area contributed by atoms with Gasteiger partial charge in [-0.25, -0.2) is 0 Å². The molecule has 3 heterocycles. The van der Waals surface area contributed by atoms with Gasteiger partial charge in [-0.15, -0.1) is 0 Å². The predicted octanol–water partition coefficient (Wildman–Crippen LogP) is -0.265. The first-order valence-corrected chi connectivity index (χ1v) is 7.84. The van der Waals surface area contributed by atoms with Gasteiger partial charge >= 0.3 is 0 Å². The Bertz CT molecular complexity index is 561. The minimum absolute atomic E-state index is 0.174. The van der Waals surface area contributed by atoms with Crippen LogP contribution in [0.1, 0.15) is 37.3 Å². The maximum Gasteiger partial charge on any atom is 0.255 e. The molecule has 0 aromatic carbocycles. The number of hydrogen-bond donors (Lipinski definition) is 2. The Balaban J connectivity index is 1.72. The van der Waals surface area contributed by atoms with Crippen molar-refractivity contribution in [3.63, 3.8) is 0 Å². The van der Waals surface area contributed by atoms with E-state index in [0.29, 0.717) is 38.2 Å². The van der Waals surface area contributed by atoms with Gasteiger partial charge in [-0.2, -0.15) is 5.10 Å². The number of piperidine rings is 1. The summed E-state index contributed by atoms with van der Waals surface area (Å²) in [5.41, 5.74) is 0.302. The molecule has 0 spiro atoms. The molecule has 22 heavy (non-hydrogen) atoms. The van der Waals surface area contributed by atoms with Crippen LogP contribution in [0.4, 0.5) is 0 Å². The number of fused-ring (bicyclic) bond motifs is 1. The van der Waals surface area contributed by atoms with Crippen molar-refractivity contribution in [1.82, 2.24) is 19.6 Å². The Morgan fingerprint density at radius 1 is 1.32 bits per heavy atom. The van der Waals surface area contributed by atoms with Gasteiger partial charge in [0.05, 0.1) is 30.6 Å². The molecule has 122 valence electrons. The van der Waals surface area contributed by atoms with Crippen LogP contribution in [0.5, 0.6) is 0 Å². The van der Waals surface area contributed by atoms with Crippen molar-refractivity contribution in [2.75, 3.05) is 26.7 Å². The number of carbonyl (C=O) groups is 1. The second kappa shape index (κ2) is 5.64. The van der Waals surface area contributed by atoms with Crippen LogP contribution in [0.25, 0.3) is 0 Å². The lowest BCUT2D eigenvalue weighted by atomic mass is 9.90. The Labute approximate surface area is 130 Å². The fourth-order valence-corrected chi connectivity index (χ4v) is 3.16. The van der Waals surface area contributed by atoms with Gasteiger partial charge in [0.1, 0.15) is 5.60 Å². The minimum atomic E-state index is -1.23. The third-order valence-corrected chi connectivity index (χ3v) is 4.74. The van der Waals surface area contributed by atoms with E-state index in [0.717, 1.165) is 18.8 Å². The molecule has 2 N–H and O–H groups in total. The van der Waals surface area contributed by atoms with Gasteiger partial charge in [0.2, 0.25) is 0 Å². The Morgan fingerprint density at radius 2 is 2.00 bits per heavy atom. The fourth-order valence-electron chi connectivity index (χ4n) is 3.16. The number of amides is 1. The summed E-state index contributed by atoms with van der Waals surface area (Å²) in [7, 11) is 2.00. The van der Waals surface area contributed by atoms with Crippen molar-refractivity contribution >= 4 is 5.91 Å². The SMILES string of the molecule is CC(O)c1cc2n(n1)CCN(C(=O)C1(O)CCN(C)CC1)C2. The molecule has 2 aliphatic heterocycles. The van der Waals surface area contributed by atoms with Gasteiger partial charge in [0, 0.05) is 19.6 Å². The lowest BCUT2D eigenvalue weighted by Gasteiger charge is -2.39. The Morgan fingerprint density at radius 3 is 2.64 bits per heavy atom. The van der Waals surface area contributed by atoms with Crippen LogP contribution in [0.2, 0.25) is 0 Å². The topological polar surface area (TPSA) is 81.8 Å². The van der Waals surface area contributed by atoms with E-state index < -0.39 is 11.7 Å². The molecule has 0 aliphatic carbocycles. The third kappa shape index (κ3) is 2.76. The fraction of sp³-hybridized carbons (Fsp3) is 0.733. The van der Waals surface area contributed by atoms with Crippen molar-refractivity contribution in [3.8, 4) is 0 Å². The normalized spacial score (nSPS) is 23.2. The van der Waals surface area contributed by atoms with Crippen molar-refractivity contribution in [3.05, 3.63) is 17.5 Å². The molecular weight excluding hydrogens is 284 g/mol. The van der Waals surface area contributed by atoms with E-state index in [1.54, 1.807) is 11.8 Å². The van der Waals surface area contributed by atoms with E-state index in [1.807, 2.05) is 17.8 Å². The van der Waals surface area contributed by atoms with Gasteiger partial charge in [-0.3, -0.25) is 9.48 Å². The summed E-state index contributed by atoms with van der Waals surface area (Å²) in [6.07, 6.45) is 0.355. The summed E-state index contributed by atoms with van der Waals surface area (Å²) in [6.45, 7) is 4.74. The molecule has 1 amide bonds.